The molecule has 0 radical (unpaired) electrons. The summed E-state index contributed by atoms with van der Waals surface area (Å²) >= 11 is 0. The van der Waals surface area contributed by atoms with E-state index in [4.69, 9.17) is 19.3 Å². The van der Waals surface area contributed by atoms with Crippen LogP contribution >= 0.6 is 0 Å². The van der Waals surface area contributed by atoms with Crippen molar-refractivity contribution in [2.24, 2.45) is 0 Å². The normalized spacial score (nSPS) is 53.5. The molecular weight excluding hydrogens is 304 g/mol. The predicted molar refractivity (Wildman–Crippen MR) is 67.2 cm³/mol. The van der Waals surface area contributed by atoms with Gasteiger partial charge in [-0.05, 0) is 6.92 Å². The highest BCUT2D eigenvalue weighted by atomic mass is 16.7. The Morgan fingerprint density at radius 1 is 0.818 bits per heavy atom. The molecule has 2 aliphatic heterocycles. The Morgan fingerprint density at radius 2 is 1.45 bits per heavy atom. The molecule has 130 valence electrons. The lowest BCUT2D eigenvalue weighted by Crippen LogP contribution is -2.63. The fraction of sp³-hybridized carbons (Fsp3) is 1.00. The lowest BCUT2D eigenvalue weighted by atomic mass is 9.97. The number of hydrogen-bond donors (Lipinski definition) is 7. The molecule has 2 rings (SSSR count). The molecule has 0 amide bonds. The van der Waals surface area contributed by atoms with Crippen molar-refractivity contribution in [3.8, 4) is 0 Å². The van der Waals surface area contributed by atoms with E-state index in [1.54, 1.807) is 0 Å². The molecule has 0 aromatic carbocycles. The van der Waals surface area contributed by atoms with Crippen LogP contribution in [0, 0.1) is 0 Å². The number of ether oxygens (including phenoxy) is 3. The Kier molecular flexibility index (Phi) is 5.72. The standard InChI is InChI=1S/C12H22O10/c1-3-5(14)7(16)8(17)12(20-3)22-10-6(15)4(2-13)21-11(19)9(10)18/h3-19H,2H2,1H3/t3-,4-,5+,6+,7+,8-,9-,10+,11-,12-/m1/s1. The summed E-state index contributed by atoms with van der Waals surface area (Å²) in [5.41, 5.74) is 0. The summed E-state index contributed by atoms with van der Waals surface area (Å²) in [7, 11) is 0. The van der Waals surface area contributed by atoms with Crippen molar-refractivity contribution in [3.05, 3.63) is 0 Å². The maximum Gasteiger partial charge on any atom is 0.187 e. The lowest BCUT2D eigenvalue weighted by Gasteiger charge is -2.44. The van der Waals surface area contributed by atoms with E-state index in [-0.39, 0.29) is 0 Å². The Morgan fingerprint density at radius 3 is 2.05 bits per heavy atom. The van der Waals surface area contributed by atoms with E-state index < -0.39 is 68.0 Å². The summed E-state index contributed by atoms with van der Waals surface area (Å²) in [6.45, 7) is 0.814. The van der Waals surface area contributed by atoms with Crippen LogP contribution in [0.15, 0.2) is 0 Å². The first-order valence-electron chi connectivity index (χ1n) is 6.93. The molecule has 2 fully saturated rings. The number of hydrogen-bond acceptors (Lipinski definition) is 10. The van der Waals surface area contributed by atoms with Crippen LogP contribution in [0.2, 0.25) is 0 Å². The van der Waals surface area contributed by atoms with Gasteiger partial charge in [0.25, 0.3) is 0 Å². The van der Waals surface area contributed by atoms with E-state index in [9.17, 15) is 30.6 Å². The van der Waals surface area contributed by atoms with Gasteiger partial charge in [0.05, 0.1) is 12.7 Å². The Balaban J connectivity index is 2.10. The third-order valence-electron chi connectivity index (χ3n) is 3.94. The van der Waals surface area contributed by atoms with Crippen molar-refractivity contribution in [3.63, 3.8) is 0 Å². The van der Waals surface area contributed by atoms with Gasteiger partial charge in [-0.15, -0.1) is 0 Å². The minimum absolute atomic E-state index is 0.628. The number of aliphatic hydroxyl groups is 7. The Labute approximate surface area is 126 Å². The average molecular weight is 326 g/mol. The third kappa shape index (κ3) is 3.26. The van der Waals surface area contributed by atoms with Gasteiger partial charge in [0, 0.05) is 0 Å². The number of rotatable bonds is 3. The molecule has 10 heteroatoms. The molecule has 0 spiro atoms. The fourth-order valence-corrected chi connectivity index (χ4v) is 2.51. The quantitative estimate of drug-likeness (QED) is 0.269. The van der Waals surface area contributed by atoms with E-state index in [2.05, 4.69) is 0 Å². The van der Waals surface area contributed by atoms with Gasteiger partial charge in [-0.1, -0.05) is 0 Å². The highest BCUT2D eigenvalue weighted by Gasteiger charge is 2.49. The fourth-order valence-electron chi connectivity index (χ4n) is 2.51. The summed E-state index contributed by atoms with van der Waals surface area (Å²) in [4.78, 5) is 0. The first-order chi connectivity index (χ1) is 10.3. The molecule has 10 nitrogen and oxygen atoms in total. The van der Waals surface area contributed by atoms with Crippen LogP contribution in [0.1, 0.15) is 6.92 Å². The van der Waals surface area contributed by atoms with E-state index in [1.807, 2.05) is 0 Å². The molecule has 7 N–H and O–H groups in total. The molecule has 2 aliphatic rings. The van der Waals surface area contributed by atoms with E-state index in [1.165, 1.54) is 6.92 Å². The summed E-state index contributed by atoms with van der Waals surface area (Å²) in [5.74, 6) is 0. The van der Waals surface area contributed by atoms with Gasteiger partial charge in [-0.2, -0.15) is 0 Å². The lowest BCUT2D eigenvalue weighted by molar-refractivity contribution is -0.352. The van der Waals surface area contributed by atoms with E-state index in [0.717, 1.165) is 0 Å². The van der Waals surface area contributed by atoms with Crippen LogP contribution in [0.3, 0.4) is 0 Å². The van der Waals surface area contributed by atoms with Crippen LogP contribution in [-0.2, 0) is 14.2 Å². The smallest absolute Gasteiger partial charge is 0.187 e. The van der Waals surface area contributed by atoms with Crippen molar-refractivity contribution in [1.29, 1.82) is 0 Å². The van der Waals surface area contributed by atoms with Gasteiger partial charge in [0.2, 0.25) is 0 Å². The topological polar surface area (TPSA) is 169 Å². The largest absolute Gasteiger partial charge is 0.394 e. The summed E-state index contributed by atoms with van der Waals surface area (Å²) in [6.07, 6.45) is -14.3. The minimum atomic E-state index is -1.71. The maximum atomic E-state index is 9.99. The van der Waals surface area contributed by atoms with Crippen LogP contribution in [0.25, 0.3) is 0 Å². The molecule has 22 heavy (non-hydrogen) atoms. The highest BCUT2D eigenvalue weighted by molar-refractivity contribution is 4.93. The van der Waals surface area contributed by atoms with Crippen LogP contribution in [-0.4, -0.2) is 104 Å². The second kappa shape index (κ2) is 7.01. The van der Waals surface area contributed by atoms with Crippen LogP contribution < -0.4 is 0 Å². The van der Waals surface area contributed by atoms with Gasteiger partial charge in [-0.25, -0.2) is 0 Å². The van der Waals surface area contributed by atoms with Crippen molar-refractivity contribution < 1.29 is 50.0 Å². The predicted octanol–water partition coefficient (Wildman–Crippen LogP) is -4.37. The number of aliphatic hydroxyl groups excluding tert-OH is 7. The summed E-state index contributed by atoms with van der Waals surface area (Å²) in [6, 6.07) is 0. The van der Waals surface area contributed by atoms with Gasteiger partial charge in [-0.3, -0.25) is 0 Å². The summed E-state index contributed by atoms with van der Waals surface area (Å²) in [5, 5.41) is 67.6. The molecule has 0 aromatic rings. The molecule has 2 saturated heterocycles. The van der Waals surface area contributed by atoms with Crippen molar-refractivity contribution in [2.45, 2.75) is 68.3 Å². The molecule has 2 heterocycles. The minimum Gasteiger partial charge on any atom is -0.394 e. The maximum absolute atomic E-state index is 9.99. The molecule has 0 unspecified atom stereocenters. The zero-order valence-corrected chi connectivity index (χ0v) is 11.8. The third-order valence-corrected chi connectivity index (χ3v) is 3.94. The van der Waals surface area contributed by atoms with Crippen LogP contribution in [0.4, 0.5) is 0 Å². The molecule has 0 saturated carbocycles. The first kappa shape index (κ1) is 17.9. The average Bonchev–Trinajstić information content (AvgIpc) is 2.50. The Hall–Kier alpha value is -0.400. The van der Waals surface area contributed by atoms with Gasteiger partial charge in [0.1, 0.15) is 42.7 Å². The molecule has 0 aliphatic carbocycles. The molecule has 10 atom stereocenters. The highest BCUT2D eigenvalue weighted by Crippen LogP contribution is 2.28. The molecule has 0 bridgehead atoms. The van der Waals surface area contributed by atoms with Crippen molar-refractivity contribution in [1.82, 2.24) is 0 Å². The zero-order valence-electron chi connectivity index (χ0n) is 11.8. The zero-order chi connectivity index (χ0) is 16.6. The van der Waals surface area contributed by atoms with E-state index >= 15 is 0 Å². The molecule has 0 aromatic heterocycles. The SMILES string of the molecule is C[C@H]1O[C@H](O[C@@H]2[C@@H](O)[C@H](O)O[C@H](CO)[C@@H]2O)[C@H](O)[C@@H](O)[C@H]1O. The Bertz CT molecular complexity index is 368. The first-order valence-corrected chi connectivity index (χ1v) is 6.93. The van der Waals surface area contributed by atoms with Crippen molar-refractivity contribution >= 4 is 0 Å². The van der Waals surface area contributed by atoms with Crippen LogP contribution in [0.5, 0.6) is 0 Å². The van der Waals surface area contributed by atoms with Gasteiger partial charge < -0.3 is 50.0 Å². The van der Waals surface area contributed by atoms with Crippen molar-refractivity contribution in [2.75, 3.05) is 6.61 Å². The van der Waals surface area contributed by atoms with Gasteiger partial charge >= 0.3 is 0 Å². The second-order valence-corrected chi connectivity index (χ2v) is 5.51. The summed E-state index contributed by atoms with van der Waals surface area (Å²) < 4.78 is 15.3. The second-order valence-electron chi connectivity index (χ2n) is 5.51. The molecular formula is C12H22O10. The monoisotopic (exact) mass is 326 g/mol. The van der Waals surface area contributed by atoms with Gasteiger partial charge in [0.15, 0.2) is 12.6 Å². The van der Waals surface area contributed by atoms with E-state index in [0.29, 0.717) is 0 Å².